The molecule has 2 nitrogen and oxygen atoms in total. The van der Waals surface area contributed by atoms with Crippen LogP contribution >= 0.6 is 0 Å². The van der Waals surface area contributed by atoms with Gasteiger partial charge in [-0.2, -0.15) is 0 Å². The van der Waals surface area contributed by atoms with Gasteiger partial charge in [0.2, 0.25) is 0 Å². The molecule has 2 heteroatoms. The molecule has 2 aliphatic rings. The zero-order chi connectivity index (χ0) is 16.5. The Morgan fingerprint density at radius 3 is 2.35 bits per heavy atom. The third kappa shape index (κ3) is 6.05. The zero-order valence-corrected chi connectivity index (χ0v) is 15.8. The molecule has 136 valence electrons. The first kappa shape index (κ1) is 19.2. The largest absolute Gasteiger partial charge is 0.391 e. The molecule has 23 heavy (non-hydrogen) atoms. The molecule has 3 unspecified atom stereocenters. The maximum absolute atomic E-state index is 10.9. The molecule has 0 aromatic rings. The summed E-state index contributed by atoms with van der Waals surface area (Å²) in [7, 11) is 0. The molecule has 2 N–H and O–H groups in total. The second-order valence-corrected chi connectivity index (χ2v) is 8.55. The summed E-state index contributed by atoms with van der Waals surface area (Å²) in [5, 5.41) is 14.9. The number of unbranched alkanes of at least 4 members (excludes halogenated alkanes) is 5. The van der Waals surface area contributed by atoms with Gasteiger partial charge in [-0.25, -0.2) is 0 Å². The molecule has 0 spiro atoms. The zero-order valence-electron chi connectivity index (χ0n) is 15.8. The molecule has 0 amide bonds. The van der Waals surface area contributed by atoms with Crippen molar-refractivity contribution in [3.63, 3.8) is 0 Å². The molecule has 0 heterocycles. The lowest BCUT2D eigenvalue weighted by Crippen LogP contribution is -2.60. The highest BCUT2D eigenvalue weighted by atomic mass is 16.3. The monoisotopic (exact) mass is 323 g/mol. The molecule has 3 atom stereocenters. The van der Waals surface area contributed by atoms with Crippen molar-refractivity contribution < 1.29 is 5.11 Å². The van der Waals surface area contributed by atoms with E-state index in [1.807, 2.05) is 0 Å². The summed E-state index contributed by atoms with van der Waals surface area (Å²) in [6.45, 7) is 4.58. The van der Waals surface area contributed by atoms with Gasteiger partial charge in [0.15, 0.2) is 0 Å². The fourth-order valence-electron chi connectivity index (χ4n) is 4.80. The number of aliphatic hydroxyl groups excluding tert-OH is 1. The number of nitrogens with one attached hydrogen (secondary N) is 1. The smallest absolute Gasteiger partial charge is 0.0724 e. The van der Waals surface area contributed by atoms with Crippen LogP contribution < -0.4 is 5.32 Å². The molecule has 0 saturated heterocycles. The topological polar surface area (TPSA) is 32.3 Å². The van der Waals surface area contributed by atoms with Gasteiger partial charge in [-0.05, 0) is 44.4 Å². The van der Waals surface area contributed by atoms with E-state index in [4.69, 9.17) is 0 Å². The molecule has 0 aromatic heterocycles. The SMILES string of the molecule is CCCCCCCCC1(NC2CCCCC2)CCC(C)CC1O. The van der Waals surface area contributed by atoms with Crippen molar-refractivity contribution in [1.82, 2.24) is 5.32 Å². The van der Waals surface area contributed by atoms with Gasteiger partial charge >= 0.3 is 0 Å². The Hall–Kier alpha value is -0.0800. The quantitative estimate of drug-likeness (QED) is 0.543. The highest BCUT2D eigenvalue weighted by molar-refractivity contribution is 5.00. The molecule has 2 aliphatic carbocycles. The average Bonchev–Trinajstić information content (AvgIpc) is 2.55. The summed E-state index contributed by atoms with van der Waals surface area (Å²) in [6, 6.07) is 0.659. The Kier molecular flexibility index (Phi) is 8.40. The van der Waals surface area contributed by atoms with E-state index >= 15 is 0 Å². The lowest BCUT2D eigenvalue weighted by atomic mass is 9.71. The van der Waals surface area contributed by atoms with E-state index < -0.39 is 0 Å². The number of hydrogen-bond donors (Lipinski definition) is 2. The van der Waals surface area contributed by atoms with Gasteiger partial charge in [-0.1, -0.05) is 71.6 Å². The van der Waals surface area contributed by atoms with Gasteiger partial charge in [-0.3, -0.25) is 0 Å². The van der Waals surface area contributed by atoms with Crippen molar-refractivity contribution in [3.05, 3.63) is 0 Å². The standard InChI is InChI=1S/C21H41NO/c1-3-4-5-6-7-11-15-21(16-14-18(2)17-20(21)23)22-19-12-9-8-10-13-19/h18-20,22-23H,3-17H2,1-2H3. The molecule has 0 radical (unpaired) electrons. The van der Waals surface area contributed by atoms with Crippen molar-refractivity contribution in [1.29, 1.82) is 0 Å². The Morgan fingerprint density at radius 2 is 1.65 bits per heavy atom. The summed E-state index contributed by atoms with van der Waals surface area (Å²) in [5.41, 5.74) is 0.0271. The van der Waals surface area contributed by atoms with E-state index in [-0.39, 0.29) is 11.6 Å². The van der Waals surface area contributed by atoms with E-state index in [0.29, 0.717) is 12.0 Å². The summed E-state index contributed by atoms with van der Waals surface area (Å²) in [5.74, 6) is 0.691. The van der Waals surface area contributed by atoms with Gasteiger partial charge in [0.1, 0.15) is 0 Å². The van der Waals surface area contributed by atoms with Crippen LogP contribution in [0.15, 0.2) is 0 Å². The lowest BCUT2D eigenvalue weighted by molar-refractivity contribution is -0.00978. The highest BCUT2D eigenvalue weighted by Crippen LogP contribution is 2.37. The molecule has 2 saturated carbocycles. The van der Waals surface area contributed by atoms with Crippen LogP contribution in [0.4, 0.5) is 0 Å². The number of rotatable bonds is 9. The van der Waals surface area contributed by atoms with Crippen LogP contribution in [0.3, 0.4) is 0 Å². The lowest BCUT2D eigenvalue weighted by Gasteiger charge is -2.47. The number of aliphatic hydroxyl groups is 1. The molecule has 0 aromatic carbocycles. The summed E-state index contributed by atoms with van der Waals surface area (Å²) in [6.07, 6.45) is 19.4. The fraction of sp³-hybridized carbons (Fsp3) is 1.00. The van der Waals surface area contributed by atoms with Gasteiger partial charge < -0.3 is 10.4 Å². The van der Waals surface area contributed by atoms with E-state index in [2.05, 4.69) is 19.2 Å². The maximum Gasteiger partial charge on any atom is 0.0724 e. The Balaban J connectivity index is 1.85. The molecular formula is C21H41NO. The van der Waals surface area contributed by atoms with Crippen LogP contribution in [0.1, 0.15) is 110 Å². The van der Waals surface area contributed by atoms with E-state index in [0.717, 1.165) is 6.42 Å². The molecule has 0 bridgehead atoms. The fourth-order valence-corrected chi connectivity index (χ4v) is 4.80. The van der Waals surface area contributed by atoms with Crippen LogP contribution in [-0.4, -0.2) is 22.8 Å². The van der Waals surface area contributed by atoms with Gasteiger partial charge in [-0.15, -0.1) is 0 Å². The van der Waals surface area contributed by atoms with Crippen LogP contribution in [0.2, 0.25) is 0 Å². The first-order chi connectivity index (χ1) is 11.2. The normalized spacial score (nSPS) is 33.0. The summed E-state index contributed by atoms with van der Waals surface area (Å²) >= 11 is 0. The van der Waals surface area contributed by atoms with Crippen LogP contribution in [0, 0.1) is 5.92 Å². The number of hydrogen-bond acceptors (Lipinski definition) is 2. The third-order valence-electron chi connectivity index (χ3n) is 6.42. The second kappa shape index (κ2) is 10.0. The van der Waals surface area contributed by atoms with Crippen LogP contribution in [-0.2, 0) is 0 Å². The van der Waals surface area contributed by atoms with E-state index in [9.17, 15) is 5.11 Å². The molecule has 2 rings (SSSR count). The molecular weight excluding hydrogens is 282 g/mol. The van der Waals surface area contributed by atoms with Gasteiger partial charge in [0.05, 0.1) is 6.10 Å². The highest BCUT2D eigenvalue weighted by Gasteiger charge is 2.42. The minimum absolute atomic E-state index is 0.0271. The first-order valence-electron chi connectivity index (χ1n) is 10.6. The Bertz CT molecular complexity index is 313. The summed E-state index contributed by atoms with van der Waals surface area (Å²) < 4.78 is 0. The van der Waals surface area contributed by atoms with E-state index in [1.165, 1.54) is 89.9 Å². The van der Waals surface area contributed by atoms with E-state index in [1.54, 1.807) is 0 Å². The van der Waals surface area contributed by atoms with Crippen molar-refractivity contribution in [3.8, 4) is 0 Å². The predicted molar refractivity (Wildman–Crippen MR) is 99.8 cm³/mol. The third-order valence-corrected chi connectivity index (χ3v) is 6.42. The minimum Gasteiger partial charge on any atom is -0.391 e. The Labute approximate surface area is 144 Å². The molecule has 0 aliphatic heterocycles. The summed E-state index contributed by atoms with van der Waals surface area (Å²) in [4.78, 5) is 0. The van der Waals surface area contributed by atoms with Crippen LogP contribution in [0.5, 0.6) is 0 Å². The first-order valence-corrected chi connectivity index (χ1v) is 10.6. The van der Waals surface area contributed by atoms with Crippen LogP contribution in [0.25, 0.3) is 0 Å². The molecule has 2 fully saturated rings. The van der Waals surface area contributed by atoms with Gasteiger partial charge in [0.25, 0.3) is 0 Å². The van der Waals surface area contributed by atoms with Crippen molar-refractivity contribution in [2.24, 2.45) is 5.92 Å². The van der Waals surface area contributed by atoms with Gasteiger partial charge in [0, 0.05) is 11.6 Å². The predicted octanol–water partition coefficient (Wildman–Crippen LogP) is 5.58. The maximum atomic E-state index is 10.9. The Morgan fingerprint density at radius 1 is 0.957 bits per heavy atom. The van der Waals surface area contributed by atoms with Crippen molar-refractivity contribution in [2.45, 2.75) is 128 Å². The second-order valence-electron chi connectivity index (χ2n) is 8.55. The van der Waals surface area contributed by atoms with Crippen molar-refractivity contribution in [2.75, 3.05) is 0 Å². The average molecular weight is 324 g/mol. The minimum atomic E-state index is -0.135. The van der Waals surface area contributed by atoms with Crippen molar-refractivity contribution >= 4 is 0 Å².